The Morgan fingerprint density at radius 1 is 0.957 bits per heavy atom. The molecule has 120 valence electrons. The van der Waals surface area contributed by atoms with Crippen LogP contribution < -0.4 is 4.74 Å². The molecule has 6 nitrogen and oxygen atoms in total. The molecule has 0 bridgehead atoms. The number of hydrogen-bond acceptors (Lipinski definition) is 4. The monoisotopic (exact) mass is 314 g/mol. The van der Waals surface area contributed by atoms with Crippen molar-refractivity contribution < 1.29 is 18.7 Å². The van der Waals surface area contributed by atoms with Gasteiger partial charge in [0.15, 0.2) is 12.4 Å². The van der Waals surface area contributed by atoms with E-state index >= 15 is 0 Å². The van der Waals surface area contributed by atoms with Crippen molar-refractivity contribution >= 4 is 11.8 Å². The number of furan rings is 1. The summed E-state index contributed by atoms with van der Waals surface area (Å²) in [6.45, 7) is 2.01. The van der Waals surface area contributed by atoms with Crippen molar-refractivity contribution in [2.75, 3.05) is 32.8 Å². The summed E-state index contributed by atoms with van der Waals surface area (Å²) >= 11 is 0. The molecule has 0 aliphatic carbocycles. The van der Waals surface area contributed by atoms with Gasteiger partial charge >= 0.3 is 0 Å². The van der Waals surface area contributed by atoms with Crippen molar-refractivity contribution in [3.05, 3.63) is 54.5 Å². The van der Waals surface area contributed by atoms with E-state index in [-0.39, 0.29) is 18.4 Å². The zero-order valence-electron chi connectivity index (χ0n) is 12.7. The van der Waals surface area contributed by atoms with E-state index in [9.17, 15) is 9.59 Å². The molecule has 1 aromatic heterocycles. The van der Waals surface area contributed by atoms with Crippen LogP contribution >= 0.6 is 0 Å². The highest BCUT2D eigenvalue weighted by molar-refractivity contribution is 5.91. The smallest absolute Gasteiger partial charge is 0.289 e. The maximum atomic E-state index is 12.2. The Morgan fingerprint density at radius 3 is 2.30 bits per heavy atom. The van der Waals surface area contributed by atoms with E-state index in [1.54, 1.807) is 21.9 Å². The molecule has 2 heterocycles. The molecule has 6 heteroatoms. The molecule has 0 atom stereocenters. The molecule has 1 aromatic carbocycles. The van der Waals surface area contributed by atoms with Gasteiger partial charge in [0.2, 0.25) is 0 Å². The van der Waals surface area contributed by atoms with Crippen molar-refractivity contribution in [3.63, 3.8) is 0 Å². The Kier molecular flexibility index (Phi) is 4.61. The van der Waals surface area contributed by atoms with Gasteiger partial charge in [-0.2, -0.15) is 0 Å². The summed E-state index contributed by atoms with van der Waals surface area (Å²) in [5.74, 6) is 0.797. The fourth-order valence-corrected chi connectivity index (χ4v) is 2.47. The van der Waals surface area contributed by atoms with E-state index in [4.69, 9.17) is 9.15 Å². The Morgan fingerprint density at radius 2 is 1.65 bits per heavy atom. The Bertz CT molecular complexity index is 646. The molecule has 2 amide bonds. The Balaban J connectivity index is 1.47. The zero-order valence-corrected chi connectivity index (χ0v) is 12.7. The summed E-state index contributed by atoms with van der Waals surface area (Å²) in [5, 5.41) is 0. The highest BCUT2D eigenvalue weighted by atomic mass is 16.5. The molecule has 0 saturated carbocycles. The van der Waals surface area contributed by atoms with E-state index in [1.807, 2.05) is 30.3 Å². The summed E-state index contributed by atoms with van der Waals surface area (Å²) < 4.78 is 10.6. The molecule has 1 aliphatic rings. The van der Waals surface area contributed by atoms with Crippen LogP contribution in [-0.2, 0) is 4.79 Å². The summed E-state index contributed by atoms with van der Waals surface area (Å²) in [6.07, 6.45) is 1.48. The topological polar surface area (TPSA) is 63.0 Å². The minimum absolute atomic E-state index is 0.0101. The van der Waals surface area contributed by atoms with Crippen LogP contribution in [0.4, 0.5) is 0 Å². The second kappa shape index (κ2) is 7.00. The first-order valence-electron chi connectivity index (χ1n) is 7.52. The number of benzene rings is 1. The van der Waals surface area contributed by atoms with Crippen LogP contribution in [0.3, 0.4) is 0 Å². The van der Waals surface area contributed by atoms with Crippen LogP contribution in [0.1, 0.15) is 10.6 Å². The molecule has 23 heavy (non-hydrogen) atoms. The van der Waals surface area contributed by atoms with Gasteiger partial charge in [-0.3, -0.25) is 9.59 Å². The Labute approximate surface area is 134 Å². The molecular formula is C17H18N2O4. The number of hydrogen-bond donors (Lipinski definition) is 0. The third kappa shape index (κ3) is 3.71. The quantitative estimate of drug-likeness (QED) is 0.861. The van der Waals surface area contributed by atoms with Gasteiger partial charge in [-0.05, 0) is 24.3 Å². The minimum Gasteiger partial charge on any atom is -0.484 e. The van der Waals surface area contributed by atoms with Gasteiger partial charge in [0.05, 0.1) is 6.26 Å². The van der Waals surface area contributed by atoms with Gasteiger partial charge in [0, 0.05) is 26.2 Å². The van der Waals surface area contributed by atoms with E-state index in [2.05, 4.69) is 0 Å². The SMILES string of the molecule is O=C(COc1ccccc1)N1CCN(C(=O)c2ccco2)CC1. The number of nitrogens with zero attached hydrogens (tertiary/aromatic N) is 2. The van der Waals surface area contributed by atoms with Crippen LogP contribution in [0.5, 0.6) is 5.75 Å². The fraction of sp³-hybridized carbons (Fsp3) is 0.294. The molecular weight excluding hydrogens is 296 g/mol. The van der Waals surface area contributed by atoms with E-state index in [1.165, 1.54) is 6.26 Å². The van der Waals surface area contributed by atoms with Crippen LogP contribution in [0, 0.1) is 0 Å². The van der Waals surface area contributed by atoms with Gasteiger partial charge in [-0.15, -0.1) is 0 Å². The van der Waals surface area contributed by atoms with Gasteiger partial charge in [0.25, 0.3) is 11.8 Å². The van der Waals surface area contributed by atoms with Crippen LogP contribution in [0.25, 0.3) is 0 Å². The average molecular weight is 314 g/mol. The maximum absolute atomic E-state index is 12.2. The Hall–Kier alpha value is -2.76. The van der Waals surface area contributed by atoms with Crippen molar-refractivity contribution in [1.82, 2.24) is 9.80 Å². The first-order valence-corrected chi connectivity index (χ1v) is 7.52. The average Bonchev–Trinajstić information content (AvgIpc) is 3.15. The number of piperazine rings is 1. The van der Waals surface area contributed by atoms with Crippen molar-refractivity contribution in [1.29, 1.82) is 0 Å². The van der Waals surface area contributed by atoms with Crippen LogP contribution in [0.15, 0.2) is 53.1 Å². The number of amides is 2. The predicted molar refractivity (Wildman–Crippen MR) is 83.1 cm³/mol. The number of rotatable bonds is 4. The highest BCUT2D eigenvalue weighted by Crippen LogP contribution is 2.11. The molecule has 2 aromatic rings. The maximum Gasteiger partial charge on any atom is 0.289 e. The van der Waals surface area contributed by atoms with E-state index in [0.29, 0.717) is 37.7 Å². The second-order valence-corrected chi connectivity index (χ2v) is 5.25. The number of carbonyl (C=O) groups excluding carboxylic acids is 2. The van der Waals surface area contributed by atoms with E-state index in [0.717, 1.165) is 0 Å². The second-order valence-electron chi connectivity index (χ2n) is 5.25. The van der Waals surface area contributed by atoms with Gasteiger partial charge in [0.1, 0.15) is 5.75 Å². The molecule has 0 radical (unpaired) electrons. The fourth-order valence-electron chi connectivity index (χ4n) is 2.47. The predicted octanol–water partition coefficient (Wildman–Crippen LogP) is 1.64. The molecule has 0 spiro atoms. The molecule has 1 aliphatic heterocycles. The molecule has 1 saturated heterocycles. The summed E-state index contributed by atoms with van der Waals surface area (Å²) in [4.78, 5) is 27.7. The van der Waals surface area contributed by atoms with Crippen molar-refractivity contribution in [2.45, 2.75) is 0 Å². The molecule has 0 N–H and O–H groups in total. The highest BCUT2D eigenvalue weighted by Gasteiger charge is 2.26. The summed E-state index contributed by atoms with van der Waals surface area (Å²) in [7, 11) is 0. The van der Waals surface area contributed by atoms with Crippen molar-refractivity contribution in [2.24, 2.45) is 0 Å². The lowest BCUT2D eigenvalue weighted by molar-refractivity contribution is -0.134. The lowest BCUT2D eigenvalue weighted by atomic mass is 10.3. The van der Waals surface area contributed by atoms with Crippen LogP contribution in [-0.4, -0.2) is 54.4 Å². The summed E-state index contributed by atoms with van der Waals surface area (Å²) in [6, 6.07) is 12.6. The number of para-hydroxylation sites is 1. The standard InChI is InChI=1S/C17H18N2O4/c20-16(13-23-14-5-2-1-3-6-14)18-8-10-19(11-9-18)17(21)15-7-4-12-22-15/h1-7,12H,8-11,13H2. The minimum atomic E-state index is -0.136. The zero-order chi connectivity index (χ0) is 16.1. The van der Waals surface area contributed by atoms with Gasteiger partial charge < -0.3 is 19.0 Å². The van der Waals surface area contributed by atoms with Crippen LogP contribution in [0.2, 0.25) is 0 Å². The van der Waals surface area contributed by atoms with Gasteiger partial charge in [-0.1, -0.05) is 18.2 Å². The molecule has 3 rings (SSSR count). The third-order valence-corrected chi connectivity index (χ3v) is 3.76. The van der Waals surface area contributed by atoms with Crippen molar-refractivity contribution in [3.8, 4) is 5.75 Å². The normalized spacial score (nSPS) is 14.6. The largest absolute Gasteiger partial charge is 0.484 e. The molecule has 1 fully saturated rings. The number of carbonyl (C=O) groups is 2. The first-order chi connectivity index (χ1) is 11.2. The van der Waals surface area contributed by atoms with Gasteiger partial charge in [-0.25, -0.2) is 0 Å². The summed E-state index contributed by atoms with van der Waals surface area (Å²) in [5.41, 5.74) is 0. The number of ether oxygens (including phenoxy) is 1. The third-order valence-electron chi connectivity index (χ3n) is 3.76. The lowest BCUT2D eigenvalue weighted by Crippen LogP contribution is -2.51. The molecule has 0 unspecified atom stereocenters. The van der Waals surface area contributed by atoms with E-state index < -0.39 is 0 Å². The first kappa shape index (κ1) is 15.1. The lowest BCUT2D eigenvalue weighted by Gasteiger charge is -2.34.